The van der Waals surface area contributed by atoms with Gasteiger partial charge in [0.15, 0.2) is 22.5 Å². The number of nitrogens with zero attached hydrogens (tertiary/aromatic N) is 5. The first kappa shape index (κ1) is 24.6. The lowest BCUT2D eigenvalue weighted by Crippen LogP contribution is -2.03. The van der Waals surface area contributed by atoms with Crippen molar-refractivity contribution in [2.45, 2.75) is 31.0 Å². The summed E-state index contributed by atoms with van der Waals surface area (Å²) in [5.41, 5.74) is 1.05. The van der Waals surface area contributed by atoms with Crippen LogP contribution in [-0.4, -0.2) is 51.6 Å². The Labute approximate surface area is 208 Å². The number of unbranched alkanes of at least 4 members (excludes halogenated alkanes) is 2. The molecule has 0 radical (unpaired) electrons. The molecule has 0 aliphatic carbocycles. The van der Waals surface area contributed by atoms with E-state index in [1.54, 1.807) is 74.2 Å². The molecule has 0 bridgehead atoms. The van der Waals surface area contributed by atoms with Crippen molar-refractivity contribution in [2.75, 3.05) is 27.1 Å². The van der Waals surface area contributed by atoms with Crippen molar-refractivity contribution in [2.24, 2.45) is 0 Å². The van der Waals surface area contributed by atoms with Crippen LogP contribution in [0.25, 0.3) is 17.1 Å². The summed E-state index contributed by atoms with van der Waals surface area (Å²) in [6.07, 6.45) is 6.85. The third kappa shape index (κ3) is 5.59. The predicted octanol–water partition coefficient (Wildman–Crippen LogP) is 5.26. The van der Waals surface area contributed by atoms with Gasteiger partial charge in [0.2, 0.25) is 5.75 Å². The lowest BCUT2D eigenvalue weighted by molar-refractivity contribution is 0.324. The molecular weight excluding hydrogens is 469 g/mol. The minimum atomic E-state index is -0.359. The van der Waals surface area contributed by atoms with Crippen molar-refractivity contribution >= 4 is 11.8 Å². The quantitative estimate of drug-likeness (QED) is 0.195. The Bertz CT molecular complexity index is 1220. The number of benzene rings is 2. The summed E-state index contributed by atoms with van der Waals surface area (Å²) in [7, 11) is 4.65. The number of thioether (sulfide) groups is 1. The van der Waals surface area contributed by atoms with Crippen LogP contribution in [0.4, 0.5) is 4.39 Å². The van der Waals surface area contributed by atoms with Gasteiger partial charge in [0.05, 0.1) is 27.0 Å². The van der Waals surface area contributed by atoms with Gasteiger partial charge in [-0.25, -0.2) is 4.39 Å². The van der Waals surface area contributed by atoms with Crippen molar-refractivity contribution in [3.05, 3.63) is 60.7 Å². The second kappa shape index (κ2) is 11.7. The van der Waals surface area contributed by atoms with Gasteiger partial charge in [0.25, 0.3) is 0 Å². The lowest BCUT2D eigenvalue weighted by atomic mass is 10.1. The number of aryl methyl sites for hydroxylation is 1. The minimum absolute atomic E-state index is 0.359. The Morgan fingerprint density at radius 3 is 2.34 bits per heavy atom. The Morgan fingerprint density at radius 1 is 0.914 bits per heavy atom. The van der Waals surface area contributed by atoms with Crippen molar-refractivity contribution in [3.8, 4) is 34.3 Å². The van der Waals surface area contributed by atoms with Crippen LogP contribution >= 0.6 is 11.8 Å². The lowest BCUT2D eigenvalue weighted by Gasteiger charge is -2.15. The van der Waals surface area contributed by atoms with Crippen molar-refractivity contribution < 1.29 is 18.6 Å². The maximum absolute atomic E-state index is 14.9. The molecule has 2 heterocycles. The number of hydrogen-bond donors (Lipinski definition) is 0. The van der Waals surface area contributed by atoms with Crippen molar-refractivity contribution in [3.63, 3.8) is 0 Å². The fourth-order valence-corrected chi connectivity index (χ4v) is 4.70. The van der Waals surface area contributed by atoms with Crippen LogP contribution in [0.15, 0.2) is 60.0 Å². The Morgan fingerprint density at radius 2 is 1.69 bits per heavy atom. The molecule has 4 aromatic rings. The summed E-state index contributed by atoms with van der Waals surface area (Å²) in [5.74, 6) is 2.40. The highest BCUT2D eigenvalue weighted by molar-refractivity contribution is 7.99. The van der Waals surface area contributed by atoms with Crippen LogP contribution in [0.1, 0.15) is 19.3 Å². The molecule has 0 atom stereocenters. The third-order valence-corrected chi connectivity index (χ3v) is 6.49. The van der Waals surface area contributed by atoms with Crippen LogP contribution in [0.2, 0.25) is 0 Å². The molecular formula is C25H28FN5O3S. The normalized spacial score (nSPS) is 11.0. The zero-order valence-corrected chi connectivity index (χ0v) is 20.8. The fraction of sp³-hybridized carbons (Fsp3) is 0.320. The second-order valence-corrected chi connectivity index (χ2v) is 8.75. The van der Waals surface area contributed by atoms with Gasteiger partial charge >= 0.3 is 0 Å². The van der Waals surface area contributed by atoms with Gasteiger partial charge in [-0.15, -0.1) is 10.2 Å². The van der Waals surface area contributed by atoms with Crippen LogP contribution in [0, 0.1) is 5.82 Å². The summed E-state index contributed by atoms with van der Waals surface area (Å²) >= 11 is 1.55. The van der Waals surface area contributed by atoms with Gasteiger partial charge in [-0.3, -0.25) is 9.25 Å². The minimum Gasteiger partial charge on any atom is -0.493 e. The monoisotopic (exact) mass is 497 g/mol. The number of halogens is 1. The summed E-state index contributed by atoms with van der Waals surface area (Å²) in [4.78, 5) is 0. The van der Waals surface area contributed by atoms with Gasteiger partial charge in [0, 0.05) is 30.3 Å². The van der Waals surface area contributed by atoms with E-state index in [4.69, 9.17) is 14.2 Å². The topological polar surface area (TPSA) is 76.2 Å². The molecule has 0 unspecified atom stereocenters. The van der Waals surface area contributed by atoms with E-state index in [1.807, 2.05) is 16.9 Å². The average Bonchev–Trinajstić information content (AvgIpc) is 3.55. The summed E-state index contributed by atoms with van der Waals surface area (Å²) in [5, 5.41) is 13.7. The first-order valence-corrected chi connectivity index (χ1v) is 12.3. The van der Waals surface area contributed by atoms with Gasteiger partial charge in [-0.2, -0.15) is 5.10 Å². The Hall–Kier alpha value is -3.53. The molecule has 0 saturated carbocycles. The molecule has 2 aromatic carbocycles. The number of hydrogen-bond acceptors (Lipinski definition) is 7. The average molecular weight is 498 g/mol. The molecule has 35 heavy (non-hydrogen) atoms. The Balaban J connectivity index is 1.60. The smallest absolute Gasteiger partial charge is 0.203 e. The molecule has 2 aromatic heterocycles. The fourth-order valence-electron chi connectivity index (χ4n) is 3.76. The van der Waals surface area contributed by atoms with E-state index in [2.05, 4.69) is 15.3 Å². The third-order valence-electron chi connectivity index (χ3n) is 5.47. The van der Waals surface area contributed by atoms with Gasteiger partial charge in [-0.05, 0) is 43.2 Å². The molecule has 8 nitrogen and oxygen atoms in total. The van der Waals surface area contributed by atoms with Crippen molar-refractivity contribution in [1.82, 2.24) is 24.5 Å². The highest BCUT2D eigenvalue weighted by Gasteiger charge is 2.22. The van der Waals surface area contributed by atoms with Crippen molar-refractivity contribution in [1.29, 1.82) is 0 Å². The van der Waals surface area contributed by atoms with Crippen LogP contribution < -0.4 is 14.2 Å². The van der Waals surface area contributed by atoms with Crippen LogP contribution in [0.3, 0.4) is 0 Å². The molecule has 0 fully saturated rings. The zero-order valence-electron chi connectivity index (χ0n) is 20.0. The first-order chi connectivity index (χ1) is 17.2. The highest BCUT2D eigenvalue weighted by Crippen LogP contribution is 2.42. The summed E-state index contributed by atoms with van der Waals surface area (Å²) in [6, 6.07) is 12.1. The van der Waals surface area contributed by atoms with E-state index < -0.39 is 0 Å². The number of ether oxygens (including phenoxy) is 3. The molecule has 0 aliphatic rings. The summed E-state index contributed by atoms with van der Waals surface area (Å²) < 4.78 is 35.0. The number of methoxy groups -OCH3 is 3. The summed E-state index contributed by atoms with van der Waals surface area (Å²) in [6.45, 7) is 0.897. The zero-order chi connectivity index (χ0) is 24.6. The molecule has 184 valence electrons. The van der Waals surface area contributed by atoms with Gasteiger partial charge < -0.3 is 14.2 Å². The van der Waals surface area contributed by atoms with E-state index in [1.165, 1.54) is 6.07 Å². The number of rotatable bonds is 12. The van der Waals surface area contributed by atoms with Crippen LogP contribution in [-0.2, 0) is 6.54 Å². The molecule has 0 N–H and O–H groups in total. The molecule has 0 saturated heterocycles. The number of para-hydroxylation sites is 1. The molecule has 0 spiro atoms. The van der Waals surface area contributed by atoms with E-state index in [0.29, 0.717) is 39.5 Å². The maximum Gasteiger partial charge on any atom is 0.203 e. The van der Waals surface area contributed by atoms with E-state index in [0.717, 1.165) is 31.6 Å². The molecule has 4 rings (SSSR count). The van der Waals surface area contributed by atoms with Crippen LogP contribution in [0.5, 0.6) is 17.2 Å². The van der Waals surface area contributed by atoms with E-state index in [9.17, 15) is 4.39 Å². The van der Waals surface area contributed by atoms with E-state index >= 15 is 0 Å². The standard InChI is InChI=1S/C25H28FN5O3S/c1-32-21-16-18(17-22(33-2)23(21)34-3)24-28-29-25(31(24)20-11-6-5-10-19(20)26)35-15-8-4-7-13-30-14-9-12-27-30/h5-6,9-12,14,16-17H,4,7-8,13,15H2,1-3H3. The van der Waals surface area contributed by atoms with Gasteiger partial charge in [-0.1, -0.05) is 30.3 Å². The van der Waals surface area contributed by atoms with Gasteiger partial charge in [0.1, 0.15) is 5.82 Å². The maximum atomic E-state index is 14.9. The van der Waals surface area contributed by atoms with E-state index in [-0.39, 0.29) is 5.82 Å². The number of aromatic nitrogens is 5. The largest absolute Gasteiger partial charge is 0.493 e. The highest BCUT2D eigenvalue weighted by atomic mass is 32.2. The predicted molar refractivity (Wildman–Crippen MR) is 133 cm³/mol. The molecule has 0 aliphatic heterocycles. The first-order valence-electron chi connectivity index (χ1n) is 11.3. The SMILES string of the molecule is COc1cc(-c2nnc(SCCCCCn3cccn3)n2-c2ccccc2F)cc(OC)c1OC. The molecule has 10 heteroatoms. The molecule has 0 amide bonds. The second-order valence-electron chi connectivity index (χ2n) is 7.69. The Kier molecular flexibility index (Phi) is 8.25.